The van der Waals surface area contributed by atoms with Crippen LogP contribution in [-0.2, 0) is 16.0 Å². The Morgan fingerprint density at radius 2 is 1.94 bits per heavy atom. The number of nitrogens with one attached hydrogen (secondary N) is 2. The Balaban J connectivity index is 1.62. The summed E-state index contributed by atoms with van der Waals surface area (Å²) in [5, 5.41) is 2.91. The van der Waals surface area contributed by atoms with E-state index in [0.29, 0.717) is 29.1 Å². The van der Waals surface area contributed by atoms with Gasteiger partial charge in [0.05, 0.1) is 12.2 Å². The number of nitrogens with zero attached hydrogens (tertiary/aromatic N) is 1. The molecule has 0 spiro atoms. The van der Waals surface area contributed by atoms with Crippen molar-refractivity contribution < 1.29 is 19.1 Å². The van der Waals surface area contributed by atoms with E-state index in [1.165, 1.54) is 18.4 Å². The molecule has 31 heavy (non-hydrogen) atoms. The summed E-state index contributed by atoms with van der Waals surface area (Å²) in [6.07, 6.45) is 2.57. The van der Waals surface area contributed by atoms with E-state index in [9.17, 15) is 9.59 Å². The maximum Gasteiger partial charge on any atom is 0.340 e. The first-order valence-electron chi connectivity index (χ1n) is 10.9. The van der Waals surface area contributed by atoms with Crippen molar-refractivity contribution in [3.05, 3.63) is 52.3 Å². The number of aromatic nitrogens is 1. The number of H-pyrrole nitrogens is 1. The van der Waals surface area contributed by atoms with Gasteiger partial charge in [0.25, 0.3) is 5.91 Å². The van der Waals surface area contributed by atoms with Crippen molar-refractivity contribution in [3.8, 4) is 0 Å². The third-order valence-electron chi connectivity index (χ3n) is 5.75. The highest BCUT2D eigenvalue weighted by molar-refractivity contribution is 6.06. The van der Waals surface area contributed by atoms with Gasteiger partial charge in [-0.1, -0.05) is 19.1 Å². The number of aryl methyl sites for hydroxylation is 1. The molecule has 1 amide bonds. The molecule has 2 N–H and O–H groups in total. The second kappa shape index (κ2) is 10.6. The number of hydrogen-bond acceptors (Lipinski definition) is 5. The predicted octanol–water partition coefficient (Wildman–Crippen LogP) is 3.92. The van der Waals surface area contributed by atoms with Gasteiger partial charge in [-0.25, -0.2) is 4.79 Å². The van der Waals surface area contributed by atoms with Gasteiger partial charge in [-0.3, -0.25) is 9.69 Å². The number of piperidine rings is 1. The fourth-order valence-electron chi connectivity index (χ4n) is 4.15. The molecule has 168 valence electrons. The number of benzene rings is 1. The molecule has 0 bridgehead atoms. The average Bonchev–Trinajstić information content (AvgIpc) is 3.04. The molecule has 1 aromatic carbocycles. The SMILES string of the molecule is COCCOC(=O)c1c(C)[nH]c(C(=O)Nc2ccc(CN3CCCC(C)C3)cc2)c1C. The first-order valence-corrected chi connectivity index (χ1v) is 10.9. The van der Waals surface area contributed by atoms with Crippen molar-refractivity contribution in [3.63, 3.8) is 0 Å². The van der Waals surface area contributed by atoms with Gasteiger partial charge in [-0.05, 0) is 62.4 Å². The minimum Gasteiger partial charge on any atom is -0.460 e. The minimum absolute atomic E-state index is 0.170. The number of methoxy groups -OCH3 is 1. The van der Waals surface area contributed by atoms with E-state index >= 15 is 0 Å². The maximum absolute atomic E-state index is 12.8. The van der Waals surface area contributed by atoms with Crippen LogP contribution in [0, 0.1) is 19.8 Å². The molecule has 1 aliphatic heterocycles. The van der Waals surface area contributed by atoms with Crippen molar-refractivity contribution in [2.75, 3.05) is 38.7 Å². The minimum atomic E-state index is -0.460. The lowest BCUT2D eigenvalue weighted by Gasteiger charge is -2.30. The van der Waals surface area contributed by atoms with Crippen molar-refractivity contribution in [1.29, 1.82) is 0 Å². The number of carbonyl (C=O) groups is 2. The third-order valence-corrected chi connectivity index (χ3v) is 5.75. The second-order valence-electron chi connectivity index (χ2n) is 8.39. The number of carbonyl (C=O) groups excluding carboxylic acids is 2. The molecule has 0 aliphatic carbocycles. The van der Waals surface area contributed by atoms with E-state index in [1.807, 2.05) is 12.1 Å². The molecule has 7 nitrogen and oxygen atoms in total. The lowest BCUT2D eigenvalue weighted by molar-refractivity contribution is 0.0387. The number of likely N-dealkylation sites (tertiary alicyclic amines) is 1. The van der Waals surface area contributed by atoms with Crippen molar-refractivity contribution in [2.24, 2.45) is 5.92 Å². The molecule has 3 rings (SSSR count). The summed E-state index contributed by atoms with van der Waals surface area (Å²) in [4.78, 5) is 30.7. The zero-order valence-corrected chi connectivity index (χ0v) is 18.9. The molecule has 1 unspecified atom stereocenters. The summed E-state index contributed by atoms with van der Waals surface area (Å²) >= 11 is 0. The Bertz CT molecular complexity index is 904. The fraction of sp³-hybridized carbons (Fsp3) is 0.500. The second-order valence-corrected chi connectivity index (χ2v) is 8.39. The van der Waals surface area contributed by atoms with E-state index < -0.39 is 5.97 Å². The van der Waals surface area contributed by atoms with Crippen LogP contribution in [0.4, 0.5) is 5.69 Å². The van der Waals surface area contributed by atoms with E-state index in [1.54, 1.807) is 21.0 Å². The van der Waals surface area contributed by atoms with E-state index in [2.05, 4.69) is 34.3 Å². The Morgan fingerprint density at radius 3 is 2.61 bits per heavy atom. The molecule has 0 saturated carbocycles. The zero-order valence-electron chi connectivity index (χ0n) is 18.9. The molecule has 1 aliphatic rings. The molecule has 1 fully saturated rings. The molecule has 1 saturated heterocycles. The summed E-state index contributed by atoms with van der Waals surface area (Å²) in [5.41, 5.74) is 3.90. The van der Waals surface area contributed by atoms with Gasteiger partial charge in [0.15, 0.2) is 0 Å². The average molecular weight is 428 g/mol. The van der Waals surface area contributed by atoms with Crippen LogP contribution in [0.1, 0.15) is 57.4 Å². The van der Waals surface area contributed by atoms with Crippen molar-refractivity contribution in [1.82, 2.24) is 9.88 Å². The van der Waals surface area contributed by atoms with Crippen LogP contribution in [0.25, 0.3) is 0 Å². The van der Waals surface area contributed by atoms with Gasteiger partial charge in [-0.2, -0.15) is 0 Å². The Kier molecular flexibility index (Phi) is 7.87. The lowest BCUT2D eigenvalue weighted by Crippen LogP contribution is -2.33. The monoisotopic (exact) mass is 427 g/mol. The van der Waals surface area contributed by atoms with Gasteiger partial charge in [0.1, 0.15) is 12.3 Å². The number of rotatable bonds is 8. The molecule has 7 heteroatoms. The topological polar surface area (TPSA) is 83.7 Å². The van der Waals surface area contributed by atoms with Crippen molar-refractivity contribution in [2.45, 2.75) is 40.2 Å². The first-order chi connectivity index (χ1) is 14.9. The van der Waals surface area contributed by atoms with Crippen LogP contribution >= 0.6 is 0 Å². The highest BCUT2D eigenvalue weighted by Gasteiger charge is 2.23. The highest BCUT2D eigenvalue weighted by atomic mass is 16.6. The molecule has 2 heterocycles. The summed E-state index contributed by atoms with van der Waals surface area (Å²) in [6.45, 7) is 9.52. The predicted molar refractivity (Wildman–Crippen MR) is 120 cm³/mol. The van der Waals surface area contributed by atoms with Crippen LogP contribution in [0.2, 0.25) is 0 Å². The standard InChI is InChI=1S/C24H33N3O4/c1-16-6-5-11-27(14-16)15-19-7-9-20(10-8-19)26-23(28)22-17(2)21(18(3)25-22)24(29)31-13-12-30-4/h7-10,16,25H,5-6,11-15H2,1-4H3,(H,26,28). The largest absolute Gasteiger partial charge is 0.460 e. The summed E-state index contributed by atoms with van der Waals surface area (Å²) < 4.78 is 10.1. The van der Waals surface area contributed by atoms with E-state index in [-0.39, 0.29) is 12.5 Å². The summed E-state index contributed by atoms with van der Waals surface area (Å²) in [6, 6.07) is 7.96. The normalized spacial score (nSPS) is 16.8. The van der Waals surface area contributed by atoms with Crippen LogP contribution in [0.3, 0.4) is 0 Å². The van der Waals surface area contributed by atoms with Gasteiger partial charge >= 0.3 is 5.97 Å². The molecule has 2 aromatic rings. The van der Waals surface area contributed by atoms with Crippen LogP contribution in [-0.4, -0.2) is 55.2 Å². The van der Waals surface area contributed by atoms with Crippen LogP contribution in [0.5, 0.6) is 0 Å². The zero-order chi connectivity index (χ0) is 22.4. The molecule has 1 atom stereocenters. The van der Waals surface area contributed by atoms with E-state index in [4.69, 9.17) is 9.47 Å². The lowest BCUT2D eigenvalue weighted by atomic mass is 10.00. The number of esters is 1. The number of aromatic amines is 1. The van der Waals surface area contributed by atoms with E-state index in [0.717, 1.165) is 31.2 Å². The van der Waals surface area contributed by atoms with Crippen molar-refractivity contribution >= 4 is 17.6 Å². The van der Waals surface area contributed by atoms with Crippen LogP contribution in [0.15, 0.2) is 24.3 Å². The molecular weight excluding hydrogens is 394 g/mol. The quantitative estimate of drug-likeness (QED) is 0.493. The Morgan fingerprint density at radius 1 is 1.19 bits per heavy atom. The number of amides is 1. The maximum atomic E-state index is 12.8. The number of hydrogen-bond donors (Lipinski definition) is 2. The number of ether oxygens (including phenoxy) is 2. The first kappa shape index (κ1) is 23.0. The summed E-state index contributed by atoms with van der Waals surface area (Å²) in [7, 11) is 1.55. The fourth-order valence-corrected chi connectivity index (χ4v) is 4.15. The highest BCUT2D eigenvalue weighted by Crippen LogP contribution is 2.22. The van der Waals surface area contributed by atoms with Crippen LogP contribution < -0.4 is 5.32 Å². The molecule has 1 aromatic heterocycles. The molecular formula is C24H33N3O4. The molecule has 0 radical (unpaired) electrons. The van der Waals surface area contributed by atoms with Gasteiger partial charge in [0, 0.05) is 31.6 Å². The smallest absolute Gasteiger partial charge is 0.340 e. The van der Waals surface area contributed by atoms with Gasteiger partial charge in [0.2, 0.25) is 0 Å². The Labute approximate surface area is 184 Å². The summed E-state index contributed by atoms with van der Waals surface area (Å²) in [5.74, 6) is 0.00911. The number of anilines is 1. The van der Waals surface area contributed by atoms with Gasteiger partial charge in [-0.15, -0.1) is 0 Å². The third kappa shape index (κ3) is 5.95. The Hall–Kier alpha value is -2.64. The van der Waals surface area contributed by atoms with Gasteiger partial charge < -0.3 is 19.8 Å².